The smallest absolute Gasteiger partial charge is 0.427 e. The van der Waals surface area contributed by atoms with E-state index in [-0.39, 0.29) is 6.92 Å². The zero-order chi connectivity index (χ0) is 15.1. The van der Waals surface area contributed by atoms with Crippen LogP contribution < -0.4 is 15.6 Å². The second-order valence-corrected chi connectivity index (χ2v) is 6.00. The van der Waals surface area contributed by atoms with Gasteiger partial charge in [-0.2, -0.15) is 0 Å². The van der Waals surface area contributed by atoms with Crippen LogP contribution in [0.15, 0.2) is 66.7 Å². The van der Waals surface area contributed by atoms with E-state index in [1.807, 2.05) is 6.07 Å². The lowest BCUT2D eigenvalue weighted by Gasteiger charge is -2.27. The molecule has 0 aromatic heterocycles. The van der Waals surface area contributed by atoms with E-state index in [0.29, 0.717) is 0 Å². The van der Waals surface area contributed by atoms with Crippen LogP contribution in [-0.2, 0) is 0 Å². The molecule has 0 aliphatic carbocycles. The van der Waals surface area contributed by atoms with E-state index < -0.39 is 0 Å². The van der Waals surface area contributed by atoms with E-state index in [2.05, 4.69) is 74.5 Å². The molecule has 0 radical (unpaired) electrons. The summed E-state index contributed by atoms with van der Waals surface area (Å²) < 4.78 is 6.35. The van der Waals surface area contributed by atoms with Gasteiger partial charge in [-0.25, -0.2) is 0 Å². The van der Waals surface area contributed by atoms with Gasteiger partial charge >= 0.3 is 6.92 Å². The van der Waals surface area contributed by atoms with Crippen LogP contribution in [0.3, 0.4) is 0 Å². The molecule has 0 atom stereocenters. The molecule has 0 unspecified atom stereocenters. The highest BCUT2D eigenvalue weighted by molar-refractivity contribution is 6.82. The third-order valence-electron chi connectivity index (χ3n) is 4.21. The number of rotatable bonds is 1. The summed E-state index contributed by atoms with van der Waals surface area (Å²) in [5, 5.41) is 0. The van der Waals surface area contributed by atoms with E-state index in [0.717, 1.165) is 5.75 Å². The highest BCUT2D eigenvalue weighted by atomic mass is 16.4. The average molecular weight is 284 g/mol. The van der Waals surface area contributed by atoms with Crippen LogP contribution in [-0.4, -0.2) is 6.92 Å². The lowest BCUT2D eigenvalue weighted by Crippen LogP contribution is -2.50. The van der Waals surface area contributed by atoms with Crippen LogP contribution >= 0.6 is 0 Å². The molecule has 2 heteroatoms. The molecule has 1 nitrogen and oxygen atoms in total. The predicted molar refractivity (Wildman–Crippen MR) is 93.4 cm³/mol. The first-order valence-corrected chi connectivity index (χ1v) is 7.65. The first-order chi connectivity index (χ1) is 10.7. The maximum atomic E-state index is 6.35. The van der Waals surface area contributed by atoms with Crippen molar-refractivity contribution in [1.29, 1.82) is 0 Å². The summed E-state index contributed by atoms with van der Waals surface area (Å²) in [6.45, 7) is 4.24. The number of para-hydroxylation sites is 1. The van der Waals surface area contributed by atoms with Gasteiger partial charge in [-0.15, -0.1) is 0 Å². The Morgan fingerprint density at radius 1 is 0.727 bits per heavy atom. The first kappa shape index (κ1) is 13.2. The highest BCUT2D eigenvalue weighted by Gasteiger charge is 2.32. The Hall–Kier alpha value is -2.48. The number of benzene rings is 3. The maximum Gasteiger partial charge on any atom is 0.427 e. The fraction of sp³-hybridized carbons (Fsp3) is 0.100. The third kappa shape index (κ3) is 2.12. The van der Waals surface area contributed by atoms with Gasteiger partial charge in [-0.05, 0) is 36.4 Å². The van der Waals surface area contributed by atoms with Gasteiger partial charge in [0.2, 0.25) is 0 Å². The van der Waals surface area contributed by atoms with Crippen molar-refractivity contribution in [3.8, 4) is 16.9 Å². The summed E-state index contributed by atoms with van der Waals surface area (Å²) in [7, 11) is 0. The molecule has 1 aliphatic heterocycles. The summed E-state index contributed by atoms with van der Waals surface area (Å²) in [6.07, 6.45) is 0. The standard InChI is InChI=1S/C20H17BO/c1-14-11-15(2)13-16(12-14)21-19-9-5-3-7-17(19)18-8-4-6-10-20(18)22-21/h3-13H,1-2H3. The van der Waals surface area contributed by atoms with Crippen molar-refractivity contribution >= 4 is 17.8 Å². The zero-order valence-electron chi connectivity index (χ0n) is 12.8. The van der Waals surface area contributed by atoms with Gasteiger partial charge in [0.05, 0.1) is 0 Å². The molecule has 0 N–H and O–H groups in total. The number of hydrogen-bond acceptors (Lipinski definition) is 1. The molecule has 0 saturated carbocycles. The van der Waals surface area contributed by atoms with Gasteiger partial charge < -0.3 is 4.65 Å². The second kappa shape index (κ2) is 5.06. The maximum absolute atomic E-state index is 6.35. The number of hydrogen-bond donors (Lipinski definition) is 0. The quantitative estimate of drug-likeness (QED) is 0.622. The summed E-state index contributed by atoms with van der Waals surface area (Å²) in [5.41, 5.74) is 7.46. The van der Waals surface area contributed by atoms with Crippen molar-refractivity contribution in [3.63, 3.8) is 0 Å². The first-order valence-electron chi connectivity index (χ1n) is 7.65. The van der Waals surface area contributed by atoms with Crippen molar-refractivity contribution in [3.05, 3.63) is 77.9 Å². The number of aryl methyl sites for hydroxylation is 2. The second-order valence-electron chi connectivity index (χ2n) is 6.00. The molecule has 22 heavy (non-hydrogen) atoms. The van der Waals surface area contributed by atoms with Crippen molar-refractivity contribution in [2.24, 2.45) is 0 Å². The summed E-state index contributed by atoms with van der Waals surface area (Å²) in [5.74, 6) is 0.963. The van der Waals surface area contributed by atoms with Crippen LogP contribution in [0.2, 0.25) is 0 Å². The van der Waals surface area contributed by atoms with Gasteiger partial charge in [-0.3, -0.25) is 0 Å². The van der Waals surface area contributed by atoms with Gasteiger partial charge in [-0.1, -0.05) is 71.8 Å². The van der Waals surface area contributed by atoms with Gasteiger partial charge in [0.15, 0.2) is 0 Å². The van der Waals surface area contributed by atoms with E-state index in [9.17, 15) is 0 Å². The molecule has 0 spiro atoms. The molecule has 0 saturated heterocycles. The topological polar surface area (TPSA) is 9.23 Å². The lowest BCUT2D eigenvalue weighted by atomic mass is 9.52. The minimum Gasteiger partial charge on any atom is -0.551 e. The van der Waals surface area contributed by atoms with Crippen LogP contribution in [0.1, 0.15) is 11.1 Å². The van der Waals surface area contributed by atoms with Gasteiger partial charge in [0.1, 0.15) is 5.75 Å². The monoisotopic (exact) mass is 284 g/mol. The summed E-state index contributed by atoms with van der Waals surface area (Å²) >= 11 is 0. The Balaban J connectivity index is 1.92. The van der Waals surface area contributed by atoms with Crippen molar-refractivity contribution in [2.75, 3.05) is 0 Å². The average Bonchev–Trinajstić information content (AvgIpc) is 2.53. The zero-order valence-corrected chi connectivity index (χ0v) is 12.8. The molecule has 4 rings (SSSR count). The van der Waals surface area contributed by atoms with Crippen LogP contribution in [0.5, 0.6) is 5.75 Å². The fourth-order valence-electron chi connectivity index (χ4n) is 3.36. The Morgan fingerprint density at radius 3 is 2.14 bits per heavy atom. The van der Waals surface area contributed by atoms with E-state index in [4.69, 9.17) is 4.65 Å². The van der Waals surface area contributed by atoms with Gasteiger partial charge in [0.25, 0.3) is 0 Å². The summed E-state index contributed by atoms with van der Waals surface area (Å²) in [6, 6.07) is 23.5. The molecule has 106 valence electrons. The van der Waals surface area contributed by atoms with E-state index >= 15 is 0 Å². The van der Waals surface area contributed by atoms with E-state index in [1.54, 1.807) is 0 Å². The molecule has 1 heterocycles. The van der Waals surface area contributed by atoms with Crippen molar-refractivity contribution in [2.45, 2.75) is 13.8 Å². The highest BCUT2D eigenvalue weighted by Crippen LogP contribution is 2.32. The van der Waals surface area contributed by atoms with Crippen LogP contribution in [0, 0.1) is 13.8 Å². The molecule has 0 bridgehead atoms. The fourth-order valence-corrected chi connectivity index (χ4v) is 3.36. The largest absolute Gasteiger partial charge is 0.551 e. The number of fused-ring (bicyclic) bond motifs is 3. The van der Waals surface area contributed by atoms with Crippen LogP contribution in [0.4, 0.5) is 0 Å². The molecule has 3 aromatic carbocycles. The Bertz CT molecular complexity index is 834. The molecule has 1 aliphatic rings. The SMILES string of the molecule is Cc1cc(C)cc(B2Oc3ccccc3-c3ccccc32)c1. The Morgan fingerprint density at radius 2 is 1.36 bits per heavy atom. The predicted octanol–water partition coefficient (Wildman–Crippen LogP) is 3.47. The van der Waals surface area contributed by atoms with Crippen molar-refractivity contribution < 1.29 is 4.65 Å². The normalized spacial score (nSPS) is 12.4. The minimum absolute atomic E-state index is 0.0373. The van der Waals surface area contributed by atoms with Gasteiger partial charge in [0, 0.05) is 5.56 Å². The van der Waals surface area contributed by atoms with Crippen LogP contribution in [0.25, 0.3) is 11.1 Å². The summed E-state index contributed by atoms with van der Waals surface area (Å²) in [4.78, 5) is 0. The molecule has 0 amide bonds. The minimum atomic E-state index is -0.0373. The third-order valence-corrected chi connectivity index (χ3v) is 4.21. The molecular formula is C20H17BO. The van der Waals surface area contributed by atoms with Crippen molar-refractivity contribution in [1.82, 2.24) is 0 Å². The van der Waals surface area contributed by atoms with E-state index in [1.165, 1.54) is 33.2 Å². The molecule has 3 aromatic rings. The lowest BCUT2D eigenvalue weighted by molar-refractivity contribution is 0.590. The molecular weight excluding hydrogens is 267 g/mol. The Labute approximate surface area is 131 Å². The molecule has 0 fully saturated rings. The Kier molecular flexibility index (Phi) is 3.04.